The Morgan fingerprint density at radius 3 is 2.86 bits per heavy atom. The number of carbonyl (C=O) groups excluding carboxylic acids is 2. The van der Waals surface area contributed by atoms with E-state index >= 15 is 0 Å². The van der Waals surface area contributed by atoms with Crippen LogP contribution in [0.1, 0.15) is 59.5 Å². The van der Waals surface area contributed by atoms with Crippen LogP contribution in [0.4, 0.5) is 0 Å². The number of hydrogen-bond acceptors (Lipinski definition) is 5. The molecule has 7 nitrogen and oxygen atoms in total. The zero-order valence-corrected chi connectivity index (χ0v) is 16.5. The smallest absolute Gasteiger partial charge is 0.276 e. The molecule has 29 heavy (non-hydrogen) atoms. The Labute approximate surface area is 169 Å². The lowest BCUT2D eigenvalue weighted by molar-refractivity contribution is -0.129. The van der Waals surface area contributed by atoms with E-state index in [0.29, 0.717) is 25.3 Å². The second-order valence-corrected chi connectivity index (χ2v) is 8.67. The zero-order chi connectivity index (χ0) is 19.8. The largest absolute Gasteiger partial charge is 0.360 e. The molecule has 1 unspecified atom stereocenters. The second kappa shape index (κ2) is 7.28. The van der Waals surface area contributed by atoms with Gasteiger partial charge in [0.25, 0.3) is 5.91 Å². The van der Waals surface area contributed by atoms with Crippen molar-refractivity contribution in [3.8, 4) is 0 Å². The van der Waals surface area contributed by atoms with Gasteiger partial charge in [-0.15, -0.1) is 0 Å². The molecule has 0 bridgehead atoms. The monoisotopic (exact) mass is 394 g/mol. The molecule has 1 saturated heterocycles. The third-order valence-corrected chi connectivity index (χ3v) is 6.94. The summed E-state index contributed by atoms with van der Waals surface area (Å²) in [5, 5.41) is 7.16. The van der Waals surface area contributed by atoms with Crippen LogP contribution in [0.25, 0.3) is 0 Å². The molecule has 0 radical (unpaired) electrons. The fourth-order valence-electron chi connectivity index (χ4n) is 5.14. The van der Waals surface area contributed by atoms with Crippen LogP contribution in [0, 0.1) is 11.3 Å². The number of nitrogens with one attached hydrogen (secondary N) is 1. The highest BCUT2D eigenvalue weighted by atomic mass is 16.5. The van der Waals surface area contributed by atoms with Crippen LogP contribution < -0.4 is 5.32 Å². The van der Waals surface area contributed by atoms with E-state index in [4.69, 9.17) is 4.52 Å². The van der Waals surface area contributed by atoms with Crippen molar-refractivity contribution in [3.05, 3.63) is 47.1 Å². The standard InChI is InChI=1S/C22H26N4O3/c27-20(24-12-15-5-3-10-23-11-15)17-13-26(14-22(17)8-4-9-22)21(28)19-16-6-1-2-7-18(16)29-25-19/h3,5,10-11,17H,1-2,4,6-9,12-14H2,(H,24,27). The van der Waals surface area contributed by atoms with Gasteiger partial charge in [0.05, 0.1) is 5.92 Å². The van der Waals surface area contributed by atoms with Crippen molar-refractivity contribution in [3.63, 3.8) is 0 Å². The highest BCUT2D eigenvalue weighted by Gasteiger charge is 2.54. The van der Waals surface area contributed by atoms with E-state index in [9.17, 15) is 9.59 Å². The second-order valence-electron chi connectivity index (χ2n) is 8.67. The third-order valence-electron chi connectivity index (χ3n) is 6.94. The van der Waals surface area contributed by atoms with Gasteiger partial charge < -0.3 is 14.7 Å². The Balaban J connectivity index is 1.30. The lowest BCUT2D eigenvalue weighted by atomic mass is 9.62. The van der Waals surface area contributed by atoms with Crippen molar-refractivity contribution in [1.82, 2.24) is 20.4 Å². The summed E-state index contributed by atoms with van der Waals surface area (Å²) in [6, 6.07) is 3.81. The van der Waals surface area contributed by atoms with Gasteiger partial charge in [0, 0.05) is 49.4 Å². The van der Waals surface area contributed by atoms with Gasteiger partial charge in [0.1, 0.15) is 5.76 Å². The average Bonchev–Trinajstić information content (AvgIpc) is 3.34. The van der Waals surface area contributed by atoms with Gasteiger partial charge in [0.2, 0.25) is 5.91 Å². The maximum atomic E-state index is 13.2. The van der Waals surface area contributed by atoms with Gasteiger partial charge >= 0.3 is 0 Å². The molecule has 3 aliphatic rings. The lowest BCUT2D eigenvalue weighted by Gasteiger charge is -2.41. The van der Waals surface area contributed by atoms with Crippen molar-refractivity contribution >= 4 is 11.8 Å². The van der Waals surface area contributed by atoms with Gasteiger partial charge in [0.15, 0.2) is 5.69 Å². The van der Waals surface area contributed by atoms with E-state index in [2.05, 4.69) is 15.5 Å². The van der Waals surface area contributed by atoms with Crippen molar-refractivity contribution in [1.29, 1.82) is 0 Å². The first-order valence-corrected chi connectivity index (χ1v) is 10.6. The molecule has 2 aromatic rings. The number of fused-ring (bicyclic) bond motifs is 1. The van der Waals surface area contributed by atoms with Crippen LogP contribution >= 0.6 is 0 Å². The van der Waals surface area contributed by atoms with E-state index in [1.807, 2.05) is 17.0 Å². The SMILES string of the molecule is O=C(NCc1cccnc1)C1CN(C(=O)c2noc3c2CCCC3)CC12CCC2. The highest BCUT2D eigenvalue weighted by Crippen LogP contribution is 2.52. The Kier molecular flexibility index (Phi) is 4.60. The zero-order valence-electron chi connectivity index (χ0n) is 16.5. The Morgan fingerprint density at radius 2 is 2.10 bits per heavy atom. The van der Waals surface area contributed by atoms with E-state index in [-0.39, 0.29) is 23.1 Å². The van der Waals surface area contributed by atoms with Crippen molar-refractivity contribution in [2.24, 2.45) is 11.3 Å². The molecule has 2 fully saturated rings. The topological polar surface area (TPSA) is 88.3 Å². The predicted molar refractivity (Wildman–Crippen MR) is 105 cm³/mol. The van der Waals surface area contributed by atoms with E-state index in [1.165, 1.54) is 0 Å². The minimum atomic E-state index is -0.167. The van der Waals surface area contributed by atoms with Gasteiger partial charge in [-0.1, -0.05) is 17.6 Å². The Morgan fingerprint density at radius 1 is 1.24 bits per heavy atom. The third kappa shape index (κ3) is 3.22. The molecule has 7 heteroatoms. The molecule has 1 spiro atoms. The van der Waals surface area contributed by atoms with Crippen LogP contribution in [0.15, 0.2) is 29.0 Å². The number of amides is 2. The Hall–Kier alpha value is -2.70. The van der Waals surface area contributed by atoms with Gasteiger partial charge in [-0.05, 0) is 43.7 Å². The Bertz CT molecular complexity index is 919. The van der Waals surface area contributed by atoms with E-state index in [1.54, 1.807) is 12.4 Å². The summed E-state index contributed by atoms with van der Waals surface area (Å²) in [5.41, 5.74) is 2.33. The summed E-state index contributed by atoms with van der Waals surface area (Å²) in [6.07, 6.45) is 10.5. The number of hydrogen-bond donors (Lipinski definition) is 1. The molecule has 2 amide bonds. The maximum Gasteiger partial charge on any atom is 0.276 e. The van der Waals surface area contributed by atoms with Gasteiger partial charge in [-0.2, -0.15) is 0 Å². The molecule has 0 aromatic carbocycles. The first kappa shape index (κ1) is 18.3. The fourth-order valence-corrected chi connectivity index (χ4v) is 5.14. The van der Waals surface area contributed by atoms with Crippen molar-refractivity contribution in [2.75, 3.05) is 13.1 Å². The maximum absolute atomic E-state index is 13.2. The fraction of sp³-hybridized carbons (Fsp3) is 0.545. The summed E-state index contributed by atoms with van der Waals surface area (Å²) in [5.74, 6) is 0.652. The molecule has 5 rings (SSSR count). The summed E-state index contributed by atoms with van der Waals surface area (Å²) in [6.45, 7) is 1.56. The van der Waals surface area contributed by atoms with Crippen LogP contribution in [0.5, 0.6) is 0 Å². The summed E-state index contributed by atoms with van der Waals surface area (Å²) < 4.78 is 5.44. The molecule has 3 heterocycles. The van der Waals surface area contributed by atoms with Gasteiger partial charge in [-0.3, -0.25) is 14.6 Å². The quantitative estimate of drug-likeness (QED) is 0.861. The highest BCUT2D eigenvalue weighted by molar-refractivity contribution is 5.95. The number of likely N-dealkylation sites (tertiary alicyclic amines) is 1. The number of aromatic nitrogens is 2. The number of carbonyl (C=O) groups is 2. The molecule has 1 aliphatic heterocycles. The van der Waals surface area contributed by atoms with E-state index in [0.717, 1.165) is 61.8 Å². The normalized spacial score (nSPS) is 22.2. The molecule has 1 N–H and O–H groups in total. The summed E-state index contributed by atoms with van der Waals surface area (Å²) >= 11 is 0. The number of aryl methyl sites for hydroxylation is 1. The average molecular weight is 394 g/mol. The van der Waals surface area contributed by atoms with E-state index < -0.39 is 0 Å². The molecule has 1 atom stereocenters. The number of nitrogens with zero attached hydrogens (tertiary/aromatic N) is 3. The lowest BCUT2D eigenvalue weighted by Crippen LogP contribution is -2.45. The van der Waals surface area contributed by atoms with Crippen LogP contribution in [0.3, 0.4) is 0 Å². The number of pyridine rings is 1. The van der Waals surface area contributed by atoms with Gasteiger partial charge in [-0.25, -0.2) is 0 Å². The minimum Gasteiger partial charge on any atom is -0.360 e. The predicted octanol–water partition coefficient (Wildman–Crippen LogP) is 2.51. The van der Waals surface area contributed by atoms with Crippen LogP contribution in [0.2, 0.25) is 0 Å². The number of rotatable bonds is 4. The summed E-state index contributed by atoms with van der Waals surface area (Å²) in [4.78, 5) is 32.2. The van der Waals surface area contributed by atoms with Crippen LogP contribution in [-0.2, 0) is 24.2 Å². The first-order chi connectivity index (χ1) is 14.2. The van der Waals surface area contributed by atoms with Crippen LogP contribution in [-0.4, -0.2) is 39.9 Å². The molecular weight excluding hydrogens is 368 g/mol. The molecule has 152 valence electrons. The molecule has 1 saturated carbocycles. The van der Waals surface area contributed by atoms with Crippen molar-refractivity contribution in [2.45, 2.75) is 51.5 Å². The van der Waals surface area contributed by atoms with Crippen molar-refractivity contribution < 1.29 is 14.1 Å². The molecular formula is C22H26N4O3. The summed E-state index contributed by atoms with van der Waals surface area (Å²) in [7, 11) is 0. The molecule has 2 aromatic heterocycles. The minimum absolute atomic E-state index is 0.0334. The first-order valence-electron chi connectivity index (χ1n) is 10.6. The molecule has 2 aliphatic carbocycles.